The molecule has 1 N–H and O–H groups in total. The molecule has 0 aliphatic carbocycles. The van der Waals surface area contributed by atoms with Crippen molar-refractivity contribution in [2.75, 3.05) is 0 Å². The number of benzene rings is 3. The normalized spacial score (nSPS) is 11.7. The molecule has 0 atom stereocenters. The summed E-state index contributed by atoms with van der Waals surface area (Å²) in [5.41, 5.74) is 2.88. The van der Waals surface area contributed by atoms with Crippen LogP contribution in [0.3, 0.4) is 0 Å². The zero-order chi connectivity index (χ0) is 24.7. The van der Waals surface area contributed by atoms with Gasteiger partial charge in [-0.1, -0.05) is 36.4 Å². The number of sulfone groups is 1. The topological polar surface area (TPSA) is 116 Å². The number of fused-ring (bicyclic) bond motifs is 1. The van der Waals surface area contributed by atoms with E-state index >= 15 is 0 Å². The monoisotopic (exact) mass is 494 g/mol. The van der Waals surface area contributed by atoms with Crippen molar-refractivity contribution in [2.45, 2.75) is 10.1 Å². The van der Waals surface area contributed by atoms with Crippen LogP contribution < -0.4 is 5.43 Å². The van der Waals surface area contributed by atoms with E-state index in [0.29, 0.717) is 22.4 Å². The summed E-state index contributed by atoms with van der Waals surface area (Å²) >= 11 is 0. The maximum Gasteiger partial charge on any atom is 0.239 e. The molecular weight excluding hydrogens is 476 g/mol. The fourth-order valence-corrected chi connectivity index (χ4v) is 5.17. The summed E-state index contributed by atoms with van der Waals surface area (Å²) in [7, 11) is -3.92. The van der Waals surface area contributed by atoms with Gasteiger partial charge in [-0.25, -0.2) is 22.8 Å². The predicted octanol–water partition coefficient (Wildman–Crippen LogP) is 3.79. The van der Waals surface area contributed by atoms with Crippen molar-refractivity contribution in [1.29, 1.82) is 0 Å². The van der Waals surface area contributed by atoms with Gasteiger partial charge in [0.1, 0.15) is 0 Å². The van der Waals surface area contributed by atoms with Crippen LogP contribution in [0.1, 0.15) is 0 Å². The van der Waals surface area contributed by atoms with Gasteiger partial charge in [-0.05, 0) is 48.5 Å². The lowest BCUT2D eigenvalue weighted by atomic mass is 10.2. The number of nitrogens with zero attached hydrogens (tertiary/aromatic N) is 5. The Balaban J connectivity index is 1.42. The minimum absolute atomic E-state index is 0.0513. The second kappa shape index (κ2) is 8.43. The molecule has 3 aromatic heterocycles. The smallest absolute Gasteiger partial charge is 0.239 e. The van der Waals surface area contributed by atoms with Gasteiger partial charge in [0.05, 0.1) is 39.2 Å². The highest BCUT2D eigenvalue weighted by molar-refractivity contribution is 7.91. The van der Waals surface area contributed by atoms with E-state index in [0.717, 1.165) is 5.69 Å². The number of hydrogen-bond donors (Lipinski definition) is 1. The van der Waals surface area contributed by atoms with Gasteiger partial charge in [0.25, 0.3) is 0 Å². The molecule has 0 bridgehead atoms. The van der Waals surface area contributed by atoms with Crippen LogP contribution in [0.2, 0.25) is 0 Å². The Labute approximate surface area is 205 Å². The van der Waals surface area contributed by atoms with Gasteiger partial charge >= 0.3 is 0 Å². The van der Waals surface area contributed by atoms with Crippen molar-refractivity contribution in [3.63, 3.8) is 0 Å². The number of nitrogens with one attached hydrogen (secondary N) is 1. The minimum atomic E-state index is -3.92. The molecule has 176 valence electrons. The Bertz CT molecular complexity index is 1860. The van der Waals surface area contributed by atoms with Crippen LogP contribution in [-0.2, 0) is 9.84 Å². The van der Waals surface area contributed by atoms with E-state index in [1.807, 2.05) is 30.3 Å². The van der Waals surface area contributed by atoms with Crippen molar-refractivity contribution in [3.8, 4) is 22.8 Å². The summed E-state index contributed by atoms with van der Waals surface area (Å²) in [6.45, 7) is 0. The highest BCUT2D eigenvalue weighted by atomic mass is 32.2. The minimum Gasteiger partial charge on any atom is -0.328 e. The van der Waals surface area contributed by atoms with E-state index in [2.05, 4.69) is 20.2 Å². The molecule has 0 unspecified atom stereocenters. The molecule has 0 aliphatic rings. The van der Waals surface area contributed by atoms with E-state index < -0.39 is 9.84 Å². The lowest BCUT2D eigenvalue weighted by Crippen LogP contribution is -2.15. The fourth-order valence-electron chi connectivity index (χ4n) is 3.95. The third-order valence-corrected chi connectivity index (χ3v) is 7.29. The van der Waals surface area contributed by atoms with E-state index in [-0.39, 0.29) is 21.2 Å². The second-order valence-electron chi connectivity index (χ2n) is 8.00. The van der Waals surface area contributed by atoms with E-state index in [4.69, 9.17) is 0 Å². The van der Waals surface area contributed by atoms with Crippen LogP contribution in [0.5, 0.6) is 0 Å². The predicted molar refractivity (Wildman–Crippen MR) is 134 cm³/mol. The fraction of sp³-hybridized carbons (Fsp3) is 0. The van der Waals surface area contributed by atoms with Crippen LogP contribution in [0.15, 0.2) is 118 Å². The molecule has 0 saturated carbocycles. The van der Waals surface area contributed by atoms with E-state index in [1.54, 1.807) is 53.3 Å². The summed E-state index contributed by atoms with van der Waals surface area (Å²) in [5, 5.41) is 8.73. The molecule has 36 heavy (non-hydrogen) atoms. The number of H-pyrrole nitrogens is 1. The van der Waals surface area contributed by atoms with Gasteiger partial charge in [0.15, 0.2) is 5.69 Å². The standard InChI is InChI=1S/C26H18N6O3S/c33-24-14-16-31(30-25(24)23-13-15-27-32(23)18-7-2-1-3-8-18)19-9-6-10-20(17-19)36(34,35)26-28-21-11-4-5-12-22(21)29-26/h1-17H,(H,28,29). The molecular formula is C26H18N6O3S. The molecule has 6 rings (SSSR count). The van der Waals surface area contributed by atoms with Crippen molar-refractivity contribution >= 4 is 20.9 Å². The number of imidazole rings is 1. The van der Waals surface area contributed by atoms with Crippen molar-refractivity contribution in [3.05, 3.63) is 114 Å². The zero-order valence-corrected chi connectivity index (χ0v) is 19.5. The van der Waals surface area contributed by atoms with Crippen LogP contribution >= 0.6 is 0 Å². The first kappa shape index (κ1) is 21.7. The van der Waals surface area contributed by atoms with Crippen LogP contribution in [0.4, 0.5) is 0 Å². The first-order valence-electron chi connectivity index (χ1n) is 11.0. The first-order chi connectivity index (χ1) is 17.5. The van der Waals surface area contributed by atoms with Gasteiger partial charge < -0.3 is 4.98 Å². The Morgan fingerprint density at radius 1 is 0.806 bits per heavy atom. The van der Waals surface area contributed by atoms with E-state index in [1.165, 1.54) is 29.1 Å². The quantitative estimate of drug-likeness (QED) is 0.390. The average molecular weight is 495 g/mol. The Hall–Kier alpha value is -4.83. The molecule has 0 aliphatic heterocycles. The van der Waals surface area contributed by atoms with Gasteiger partial charge in [-0.3, -0.25) is 4.79 Å². The maximum atomic E-state index is 13.3. The van der Waals surface area contributed by atoms with Gasteiger partial charge in [-0.2, -0.15) is 10.2 Å². The number of rotatable bonds is 5. The van der Waals surface area contributed by atoms with Gasteiger partial charge in [-0.15, -0.1) is 0 Å². The van der Waals surface area contributed by atoms with Crippen molar-refractivity contribution in [2.24, 2.45) is 0 Å². The third kappa shape index (κ3) is 3.69. The van der Waals surface area contributed by atoms with Crippen LogP contribution in [-0.4, -0.2) is 37.9 Å². The van der Waals surface area contributed by atoms with Crippen LogP contribution in [0.25, 0.3) is 33.8 Å². The largest absolute Gasteiger partial charge is 0.328 e. The highest BCUT2D eigenvalue weighted by Crippen LogP contribution is 2.24. The molecule has 6 aromatic rings. The van der Waals surface area contributed by atoms with Crippen molar-refractivity contribution < 1.29 is 8.42 Å². The third-order valence-electron chi connectivity index (χ3n) is 5.71. The van der Waals surface area contributed by atoms with Gasteiger partial charge in [0, 0.05) is 12.3 Å². The number of para-hydroxylation sites is 3. The average Bonchev–Trinajstić information content (AvgIpc) is 3.58. The molecule has 0 amide bonds. The molecule has 0 saturated heterocycles. The SMILES string of the molecule is O=c1ccn(-c2cccc(S(=O)(=O)c3nc4ccccc4[nH]3)c2)nc1-c1ccnn1-c1ccccc1. The Morgan fingerprint density at radius 2 is 1.58 bits per heavy atom. The number of aromatic nitrogens is 6. The molecule has 9 nitrogen and oxygen atoms in total. The number of aromatic amines is 1. The summed E-state index contributed by atoms with van der Waals surface area (Å²) in [4.78, 5) is 19.9. The molecule has 0 radical (unpaired) electrons. The highest BCUT2D eigenvalue weighted by Gasteiger charge is 2.23. The Kier molecular flexibility index (Phi) is 5.08. The summed E-state index contributed by atoms with van der Waals surface area (Å²) < 4.78 is 29.7. The summed E-state index contributed by atoms with van der Waals surface area (Å²) in [6.07, 6.45) is 3.10. The molecule has 0 fully saturated rings. The van der Waals surface area contributed by atoms with E-state index in [9.17, 15) is 13.2 Å². The van der Waals surface area contributed by atoms with Gasteiger partial charge in [0.2, 0.25) is 20.4 Å². The Morgan fingerprint density at radius 3 is 2.42 bits per heavy atom. The summed E-state index contributed by atoms with van der Waals surface area (Å²) in [6, 6.07) is 26.0. The van der Waals surface area contributed by atoms with Crippen LogP contribution in [0, 0.1) is 0 Å². The first-order valence-corrected chi connectivity index (χ1v) is 12.5. The lowest BCUT2D eigenvalue weighted by molar-refractivity contribution is 0.589. The molecule has 10 heteroatoms. The van der Waals surface area contributed by atoms with Crippen molar-refractivity contribution in [1.82, 2.24) is 29.5 Å². The molecule has 0 spiro atoms. The molecule has 3 aromatic carbocycles. The zero-order valence-electron chi connectivity index (χ0n) is 18.7. The second-order valence-corrected chi connectivity index (χ2v) is 9.86. The maximum absolute atomic E-state index is 13.3. The summed E-state index contributed by atoms with van der Waals surface area (Å²) in [5.74, 6) is 0. The number of hydrogen-bond acceptors (Lipinski definition) is 6. The lowest BCUT2D eigenvalue weighted by Gasteiger charge is -2.10. The molecule has 3 heterocycles.